The quantitative estimate of drug-likeness (QED) is 0.833. The molecule has 1 amide bonds. The Morgan fingerprint density at radius 2 is 1.85 bits per heavy atom. The molecule has 1 aromatic heterocycles. The van der Waals surface area contributed by atoms with Crippen molar-refractivity contribution >= 4 is 5.91 Å². The van der Waals surface area contributed by atoms with Gasteiger partial charge in [-0.15, -0.1) is 5.10 Å². The van der Waals surface area contributed by atoms with Gasteiger partial charge in [0.25, 0.3) is 5.91 Å². The Kier molecular flexibility index (Phi) is 5.53. The summed E-state index contributed by atoms with van der Waals surface area (Å²) in [6, 6.07) is 9.06. The second-order valence-corrected chi connectivity index (χ2v) is 7.95. The molecular weight excluding hydrogens is 338 g/mol. The molecule has 2 saturated heterocycles. The van der Waals surface area contributed by atoms with Gasteiger partial charge in [-0.3, -0.25) is 9.69 Å². The molecule has 0 spiro atoms. The average Bonchev–Trinajstić information content (AvgIpc) is 3.20. The second-order valence-electron chi connectivity index (χ2n) is 7.95. The maximum atomic E-state index is 12.6. The van der Waals surface area contributed by atoms with Crippen LogP contribution in [0.2, 0.25) is 0 Å². The number of nitrogens with zero attached hydrogens (tertiary/aromatic N) is 5. The number of benzene rings is 1. The van der Waals surface area contributed by atoms with Crippen molar-refractivity contribution in [3.63, 3.8) is 0 Å². The zero-order valence-corrected chi connectivity index (χ0v) is 16.2. The summed E-state index contributed by atoms with van der Waals surface area (Å²) in [4.78, 5) is 17.0. The first-order valence-corrected chi connectivity index (χ1v) is 10.2. The standard InChI is InChI=1S/C21H29N5O/c1-17-7-9-18(10-8-17)14-24-11-5-6-19(15-24)26-16-20(22-23-26)21(27)25-12-3-2-4-13-25/h7-10,16,19H,2-6,11-15H2,1H3/t19-/m1/s1. The lowest BCUT2D eigenvalue weighted by molar-refractivity contribution is 0.0718. The van der Waals surface area contributed by atoms with Crippen LogP contribution >= 0.6 is 0 Å². The molecule has 144 valence electrons. The van der Waals surface area contributed by atoms with E-state index in [-0.39, 0.29) is 5.91 Å². The highest BCUT2D eigenvalue weighted by Gasteiger charge is 2.25. The van der Waals surface area contributed by atoms with Crippen molar-refractivity contribution < 1.29 is 4.79 Å². The number of piperidine rings is 2. The molecule has 0 aliphatic carbocycles. The first-order valence-electron chi connectivity index (χ1n) is 10.2. The molecule has 6 nitrogen and oxygen atoms in total. The smallest absolute Gasteiger partial charge is 0.276 e. The van der Waals surface area contributed by atoms with Crippen LogP contribution in [0.25, 0.3) is 0 Å². The molecule has 2 fully saturated rings. The van der Waals surface area contributed by atoms with Crippen molar-refractivity contribution in [3.8, 4) is 0 Å². The predicted molar refractivity (Wildman–Crippen MR) is 105 cm³/mol. The molecule has 2 aliphatic heterocycles. The maximum absolute atomic E-state index is 12.6. The van der Waals surface area contributed by atoms with Crippen LogP contribution in [0, 0.1) is 6.92 Å². The van der Waals surface area contributed by atoms with Gasteiger partial charge in [0, 0.05) is 26.2 Å². The van der Waals surface area contributed by atoms with Gasteiger partial charge in [-0.2, -0.15) is 0 Å². The fourth-order valence-electron chi connectivity index (χ4n) is 4.15. The van der Waals surface area contributed by atoms with Crippen molar-refractivity contribution in [2.45, 2.75) is 51.6 Å². The first kappa shape index (κ1) is 18.2. The van der Waals surface area contributed by atoms with Gasteiger partial charge in [0.15, 0.2) is 5.69 Å². The third kappa shape index (κ3) is 4.38. The second kappa shape index (κ2) is 8.21. The van der Waals surface area contributed by atoms with Crippen LogP contribution in [0.1, 0.15) is 59.8 Å². The van der Waals surface area contributed by atoms with E-state index in [1.807, 2.05) is 15.8 Å². The average molecular weight is 367 g/mol. The topological polar surface area (TPSA) is 54.3 Å². The summed E-state index contributed by atoms with van der Waals surface area (Å²) in [5.74, 6) is 0.0354. The summed E-state index contributed by atoms with van der Waals surface area (Å²) in [5, 5.41) is 8.49. The Labute approximate surface area is 161 Å². The maximum Gasteiger partial charge on any atom is 0.276 e. The van der Waals surface area contributed by atoms with Gasteiger partial charge in [0.1, 0.15) is 0 Å². The van der Waals surface area contributed by atoms with E-state index in [9.17, 15) is 4.79 Å². The summed E-state index contributed by atoms with van der Waals surface area (Å²) in [6.07, 6.45) is 7.50. The highest BCUT2D eigenvalue weighted by atomic mass is 16.2. The minimum atomic E-state index is 0.0354. The van der Waals surface area contributed by atoms with Crippen molar-refractivity contribution in [1.29, 1.82) is 0 Å². The van der Waals surface area contributed by atoms with Crippen LogP contribution in [-0.2, 0) is 6.54 Å². The van der Waals surface area contributed by atoms with Gasteiger partial charge in [-0.05, 0) is 51.1 Å². The summed E-state index contributed by atoms with van der Waals surface area (Å²) in [6.45, 7) is 6.84. The third-order valence-corrected chi connectivity index (χ3v) is 5.75. The molecule has 27 heavy (non-hydrogen) atoms. The zero-order valence-electron chi connectivity index (χ0n) is 16.2. The Bertz CT molecular complexity index is 763. The van der Waals surface area contributed by atoms with Gasteiger partial charge in [-0.25, -0.2) is 4.68 Å². The number of carbonyl (C=O) groups excluding carboxylic acids is 1. The number of amides is 1. The SMILES string of the molecule is Cc1ccc(CN2CCC[C@@H](n3cc(C(=O)N4CCCCC4)nn3)C2)cc1. The van der Waals surface area contributed by atoms with Crippen molar-refractivity contribution in [2.75, 3.05) is 26.2 Å². The molecule has 0 bridgehead atoms. The van der Waals surface area contributed by atoms with Gasteiger partial charge in [0.05, 0.1) is 12.2 Å². The molecule has 0 unspecified atom stereocenters. The van der Waals surface area contributed by atoms with E-state index in [0.29, 0.717) is 11.7 Å². The normalized spacial score (nSPS) is 21.4. The molecule has 0 N–H and O–H groups in total. The Morgan fingerprint density at radius 3 is 2.63 bits per heavy atom. The number of rotatable bonds is 4. The Hall–Kier alpha value is -2.21. The van der Waals surface area contributed by atoms with E-state index in [1.54, 1.807) is 0 Å². The predicted octanol–water partition coefficient (Wildman–Crippen LogP) is 3.05. The van der Waals surface area contributed by atoms with E-state index in [1.165, 1.54) is 17.5 Å². The van der Waals surface area contributed by atoms with Crippen LogP contribution in [0.5, 0.6) is 0 Å². The van der Waals surface area contributed by atoms with Crippen LogP contribution in [0.3, 0.4) is 0 Å². The van der Waals surface area contributed by atoms with Crippen molar-refractivity contribution in [2.24, 2.45) is 0 Å². The number of aryl methyl sites for hydroxylation is 1. The van der Waals surface area contributed by atoms with Gasteiger partial charge in [0.2, 0.25) is 0 Å². The molecular formula is C21H29N5O. The molecule has 2 aromatic rings. The Balaban J connectivity index is 1.38. The summed E-state index contributed by atoms with van der Waals surface area (Å²) < 4.78 is 1.92. The fourth-order valence-corrected chi connectivity index (χ4v) is 4.15. The highest BCUT2D eigenvalue weighted by Crippen LogP contribution is 2.23. The molecule has 4 rings (SSSR count). The van der Waals surface area contributed by atoms with E-state index in [0.717, 1.165) is 58.4 Å². The first-order chi connectivity index (χ1) is 13.2. The molecule has 3 heterocycles. The van der Waals surface area contributed by atoms with E-state index >= 15 is 0 Å². The molecule has 2 aliphatic rings. The number of hydrogen-bond acceptors (Lipinski definition) is 4. The van der Waals surface area contributed by atoms with Crippen LogP contribution in [-0.4, -0.2) is 56.9 Å². The van der Waals surface area contributed by atoms with Gasteiger partial charge >= 0.3 is 0 Å². The minimum absolute atomic E-state index is 0.0354. The van der Waals surface area contributed by atoms with Crippen molar-refractivity contribution in [1.82, 2.24) is 24.8 Å². The van der Waals surface area contributed by atoms with Crippen LogP contribution < -0.4 is 0 Å². The lowest BCUT2D eigenvalue weighted by Crippen LogP contribution is -2.36. The lowest BCUT2D eigenvalue weighted by Gasteiger charge is -2.32. The Morgan fingerprint density at radius 1 is 1.07 bits per heavy atom. The zero-order chi connectivity index (χ0) is 18.6. The summed E-state index contributed by atoms with van der Waals surface area (Å²) in [7, 11) is 0. The van der Waals surface area contributed by atoms with Gasteiger partial charge in [-0.1, -0.05) is 35.0 Å². The minimum Gasteiger partial charge on any atom is -0.337 e. The van der Waals surface area contributed by atoms with Crippen molar-refractivity contribution in [3.05, 3.63) is 47.3 Å². The third-order valence-electron chi connectivity index (χ3n) is 5.75. The number of carbonyl (C=O) groups is 1. The molecule has 0 saturated carbocycles. The fraction of sp³-hybridized carbons (Fsp3) is 0.571. The number of aromatic nitrogens is 3. The molecule has 1 atom stereocenters. The molecule has 6 heteroatoms. The summed E-state index contributed by atoms with van der Waals surface area (Å²) >= 11 is 0. The monoisotopic (exact) mass is 367 g/mol. The number of likely N-dealkylation sites (tertiary alicyclic amines) is 2. The van der Waals surface area contributed by atoms with E-state index in [2.05, 4.69) is 46.4 Å². The largest absolute Gasteiger partial charge is 0.337 e. The van der Waals surface area contributed by atoms with Gasteiger partial charge < -0.3 is 4.90 Å². The molecule has 1 aromatic carbocycles. The highest BCUT2D eigenvalue weighted by molar-refractivity contribution is 5.91. The van der Waals surface area contributed by atoms with E-state index < -0.39 is 0 Å². The summed E-state index contributed by atoms with van der Waals surface area (Å²) in [5.41, 5.74) is 3.14. The number of hydrogen-bond donors (Lipinski definition) is 0. The van der Waals surface area contributed by atoms with Crippen LogP contribution in [0.4, 0.5) is 0 Å². The molecule has 0 radical (unpaired) electrons. The van der Waals surface area contributed by atoms with Crippen LogP contribution in [0.15, 0.2) is 30.5 Å². The van der Waals surface area contributed by atoms with E-state index in [4.69, 9.17) is 0 Å². The lowest BCUT2D eigenvalue weighted by atomic mass is 10.0.